The first-order valence-corrected chi connectivity index (χ1v) is 9.09. The summed E-state index contributed by atoms with van der Waals surface area (Å²) in [5, 5.41) is 7.05. The van der Waals surface area contributed by atoms with Crippen LogP contribution >= 0.6 is 0 Å². The van der Waals surface area contributed by atoms with E-state index < -0.39 is 0 Å². The first-order chi connectivity index (χ1) is 14.1. The number of hydrogen-bond donors (Lipinski definition) is 2. The van der Waals surface area contributed by atoms with Gasteiger partial charge in [-0.05, 0) is 55.5 Å². The Hall–Kier alpha value is -4.06. The molecule has 2 N–H and O–H groups in total. The van der Waals surface area contributed by atoms with Crippen LogP contribution in [0.15, 0.2) is 79.1 Å². The van der Waals surface area contributed by atoms with Crippen LogP contribution in [0.25, 0.3) is 10.9 Å². The van der Waals surface area contributed by atoms with Crippen LogP contribution in [0.2, 0.25) is 0 Å². The Labute approximate surface area is 167 Å². The van der Waals surface area contributed by atoms with Gasteiger partial charge in [0.15, 0.2) is 5.78 Å². The number of nitrogens with zero attached hydrogens (tertiary/aromatic N) is 2. The zero-order chi connectivity index (χ0) is 20.2. The fraction of sp³-hybridized carbons (Fsp3) is 0.0435. The fourth-order valence-corrected chi connectivity index (χ4v) is 2.98. The van der Waals surface area contributed by atoms with Crippen molar-refractivity contribution < 1.29 is 9.59 Å². The molecule has 0 fully saturated rings. The molecular weight excluding hydrogens is 364 g/mol. The molecule has 0 aliphatic carbocycles. The molecule has 0 saturated heterocycles. The standard InChI is InChI=1S/C23H18N4O2/c1-15(28)16-7-9-18(10-8-16)26-19-11-13-24-21(14-19)23(29)27-20-6-2-4-17-5-3-12-25-22(17)20/h2-14H,1H3,(H,24,26)(H,27,29). The molecule has 2 aromatic carbocycles. The smallest absolute Gasteiger partial charge is 0.274 e. The third-order valence-corrected chi connectivity index (χ3v) is 4.45. The zero-order valence-electron chi connectivity index (χ0n) is 15.7. The molecule has 0 radical (unpaired) electrons. The van der Waals surface area contributed by atoms with Crippen molar-refractivity contribution in [3.8, 4) is 0 Å². The molecule has 29 heavy (non-hydrogen) atoms. The summed E-state index contributed by atoms with van der Waals surface area (Å²) < 4.78 is 0. The number of carbonyl (C=O) groups excluding carboxylic acids is 2. The van der Waals surface area contributed by atoms with Crippen molar-refractivity contribution in [2.75, 3.05) is 10.6 Å². The maximum atomic E-state index is 12.7. The molecule has 142 valence electrons. The van der Waals surface area contributed by atoms with E-state index >= 15 is 0 Å². The maximum Gasteiger partial charge on any atom is 0.274 e. The topological polar surface area (TPSA) is 84.0 Å². The number of aromatic nitrogens is 2. The van der Waals surface area contributed by atoms with Gasteiger partial charge in [0.1, 0.15) is 5.69 Å². The number of rotatable bonds is 5. The monoisotopic (exact) mass is 382 g/mol. The van der Waals surface area contributed by atoms with E-state index in [2.05, 4.69) is 20.6 Å². The number of carbonyl (C=O) groups is 2. The third kappa shape index (κ3) is 4.11. The lowest BCUT2D eigenvalue weighted by Gasteiger charge is -2.10. The minimum absolute atomic E-state index is 0.0161. The van der Waals surface area contributed by atoms with Crippen molar-refractivity contribution >= 4 is 39.7 Å². The summed E-state index contributed by atoms with van der Waals surface area (Å²) in [5.41, 5.74) is 3.82. The van der Waals surface area contributed by atoms with E-state index in [1.165, 1.54) is 6.92 Å². The molecule has 0 unspecified atom stereocenters. The van der Waals surface area contributed by atoms with E-state index in [4.69, 9.17) is 0 Å². The third-order valence-electron chi connectivity index (χ3n) is 4.45. The number of anilines is 3. The van der Waals surface area contributed by atoms with Crippen LogP contribution in [0, 0.1) is 0 Å². The first-order valence-electron chi connectivity index (χ1n) is 9.09. The summed E-state index contributed by atoms with van der Waals surface area (Å²) in [6, 6.07) is 20.0. The normalized spacial score (nSPS) is 10.5. The van der Waals surface area contributed by atoms with Gasteiger partial charge in [-0.25, -0.2) is 0 Å². The van der Waals surface area contributed by atoms with Crippen LogP contribution in [0.1, 0.15) is 27.8 Å². The number of Topliss-reactive ketones (excluding diaryl/α,β-unsaturated/α-hetero) is 1. The number of nitrogens with one attached hydrogen (secondary N) is 2. The summed E-state index contributed by atoms with van der Waals surface area (Å²) in [6.45, 7) is 1.53. The van der Waals surface area contributed by atoms with Gasteiger partial charge in [-0.2, -0.15) is 0 Å². The van der Waals surface area contributed by atoms with Crippen molar-refractivity contribution in [1.29, 1.82) is 0 Å². The van der Waals surface area contributed by atoms with E-state index in [0.29, 0.717) is 11.3 Å². The Morgan fingerprint density at radius 2 is 1.62 bits per heavy atom. The highest BCUT2D eigenvalue weighted by atomic mass is 16.2. The van der Waals surface area contributed by atoms with Crippen LogP contribution < -0.4 is 10.6 Å². The Kier molecular flexibility index (Phi) is 4.99. The fourth-order valence-electron chi connectivity index (χ4n) is 2.98. The van der Waals surface area contributed by atoms with E-state index in [1.807, 2.05) is 42.5 Å². The second kappa shape index (κ2) is 7.90. The lowest BCUT2D eigenvalue weighted by atomic mass is 10.1. The van der Waals surface area contributed by atoms with Gasteiger partial charge in [-0.1, -0.05) is 18.2 Å². The second-order valence-electron chi connectivity index (χ2n) is 6.52. The van der Waals surface area contributed by atoms with Crippen molar-refractivity contribution in [2.24, 2.45) is 0 Å². The molecule has 6 nitrogen and oxygen atoms in total. The van der Waals surface area contributed by atoms with Crippen LogP contribution in [0.4, 0.5) is 17.1 Å². The molecule has 0 spiro atoms. The number of para-hydroxylation sites is 1. The first kappa shape index (κ1) is 18.3. The van der Waals surface area contributed by atoms with E-state index in [9.17, 15) is 9.59 Å². The van der Waals surface area contributed by atoms with Crippen LogP contribution in [0.5, 0.6) is 0 Å². The molecule has 4 aromatic rings. The van der Waals surface area contributed by atoms with Gasteiger partial charge in [-0.15, -0.1) is 0 Å². The van der Waals surface area contributed by atoms with Crippen LogP contribution in [-0.2, 0) is 0 Å². The number of pyridine rings is 2. The average molecular weight is 382 g/mol. The molecule has 2 heterocycles. The molecule has 0 atom stereocenters. The van der Waals surface area contributed by atoms with E-state index in [1.54, 1.807) is 36.7 Å². The predicted molar refractivity (Wildman–Crippen MR) is 114 cm³/mol. The Morgan fingerprint density at radius 1 is 0.828 bits per heavy atom. The quantitative estimate of drug-likeness (QED) is 0.483. The summed E-state index contributed by atoms with van der Waals surface area (Å²) in [4.78, 5) is 32.6. The van der Waals surface area contributed by atoms with Crippen molar-refractivity contribution in [3.63, 3.8) is 0 Å². The van der Waals surface area contributed by atoms with Gasteiger partial charge in [0.25, 0.3) is 5.91 Å². The van der Waals surface area contributed by atoms with Gasteiger partial charge >= 0.3 is 0 Å². The average Bonchev–Trinajstić information content (AvgIpc) is 2.74. The Balaban J connectivity index is 1.53. The Bertz CT molecular complexity index is 1200. The predicted octanol–water partition coefficient (Wildman–Crippen LogP) is 4.83. The van der Waals surface area contributed by atoms with Gasteiger partial charge in [-0.3, -0.25) is 19.6 Å². The van der Waals surface area contributed by atoms with Crippen LogP contribution in [0.3, 0.4) is 0 Å². The molecular formula is C23H18N4O2. The second-order valence-corrected chi connectivity index (χ2v) is 6.52. The van der Waals surface area contributed by atoms with Gasteiger partial charge in [0.05, 0.1) is 11.2 Å². The van der Waals surface area contributed by atoms with E-state index in [-0.39, 0.29) is 17.4 Å². The number of benzene rings is 2. The molecule has 6 heteroatoms. The molecule has 2 aromatic heterocycles. The molecule has 0 bridgehead atoms. The van der Waals surface area contributed by atoms with Crippen molar-refractivity contribution in [3.05, 3.63) is 90.4 Å². The van der Waals surface area contributed by atoms with Crippen molar-refractivity contribution in [2.45, 2.75) is 6.92 Å². The van der Waals surface area contributed by atoms with Gasteiger partial charge < -0.3 is 10.6 Å². The lowest BCUT2D eigenvalue weighted by molar-refractivity contribution is 0.101. The number of fused-ring (bicyclic) bond motifs is 1. The minimum atomic E-state index is -0.321. The summed E-state index contributed by atoms with van der Waals surface area (Å²) in [5.74, 6) is -0.305. The van der Waals surface area contributed by atoms with Crippen molar-refractivity contribution in [1.82, 2.24) is 9.97 Å². The SMILES string of the molecule is CC(=O)c1ccc(Nc2ccnc(C(=O)Nc3cccc4cccnc34)c2)cc1. The number of amides is 1. The molecule has 0 saturated carbocycles. The summed E-state index contributed by atoms with van der Waals surface area (Å²) in [6.07, 6.45) is 3.26. The molecule has 0 aliphatic heterocycles. The lowest BCUT2D eigenvalue weighted by Crippen LogP contribution is -2.14. The molecule has 1 amide bonds. The molecule has 4 rings (SSSR count). The minimum Gasteiger partial charge on any atom is -0.355 e. The highest BCUT2D eigenvalue weighted by Gasteiger charge is 2.11. The largest absolute Gasteiger partial charge is 0.355 e. The van der Waals surface area contributed by atoms with E-state index in [0.717, 1.165) is 22.3 Å². The van der Waals surface area contributed by atoms with Gasteiger partial charge in [0, 0.05) is 34.7 Å². The maximum absolute atomic E-state index is 12.7. The zero-order valence-corrected chi connectivity index (χ0v) is 15.7. The number of hydrogen-bond acceptors (Lipinski definition) is 5. The highest BCUT2D eigenvalue weighted by molar-refractivity contribution is 6.07. The Morgan fingerprint density at radius 3 is 2.41 bits per heavy atom. The number of ketones is 1. The molecule has 0 aliphatic rings. The van der Waals surface area contributed by atoms with Gasteiger partial charge in [0.2, 0.25) is 0 Å². The summed E-state index contributed by atoms with van der Waals surface area (Å²) >= 11 is 0. The summed E-state index contributed by atoms with van der Waals surface area (Å²) in [7, 11) is 0. The van der Waals surface area contributed by atoms with Crippen LogP contribution in [-0.4, -0.2) is 21.7 Å². The highest BCUT2D eigenvalue weighted by Crippen LogP contribution is 2.22.